The number of piperazine rings is 1. The van der Waals surface area contributed by atoms with E-state index in [1.165, 1.54) is 4.31 Å². The van der Waals surface area contributed by atoms with Crippen molar-refractivity contribution in [3.63, 3.8) is 0 Å². The van der Waals surface area contributed by atoms with E-state index in [0.29, 0.717) is 41.8 Å². The summed E-state index contributed by atoms with van der Waals surface area (Å²) < 4.78 is 27.9. The SMILES string of the molecule is Cc1ccc(S(=O)(=O)N2CCN(c3c(Cl)cccc3NC(=S)NC(=O)C3(c4ccccc4)CCCC3)CC2)cc1. The normalized spacial score (nSPS) is 17.4. The number of nitrogens with one attached hydrogen (secondary N) is 2. The third-order valence-corrected chi connectivity index (χ3v) is 10.3. The standard InChI is InChI=1S/C30H33ClN4O3S2/c1-22-12-14-24(15-13-22)40(37,38)35-20-18-34(19-21-35)27-25(31)10-7-11-26(27)32-29(39)33-28(36)30(16-5-6-17-30)23-8-3-2-4-9-23/h2-4,7-15H,5-6,16-21H2,1H3,(H2,32,33,36,39). The fourth-order valence-electron chi connectivity index (χ4n) is 5.71. The highest BCUT2D eigenvalue weighted by atomic mass is 35.5. The molecule has 0 atom stereocenters. The maximum Gasteiger partial charge on any atom is 0.243 e. The summed E-state index contributed by atoms with van der Waals surface area (Å²) >= 11 is 12.2. The van der Waals surface area contributed by atoms with E-state index in [-0.39, 0.29) is 11.0 Å². The van der Waals surface area contributed by atoms with Gasteiger partial charge in [-0.2, -0.15) is 4.31 Å². The van der Waals surface area contributed by atoms with Gasteiger partial charge in [0.2, 0.25) is 15.9 Å². The number of para-hydroxylation sites is 1. The van der Waals surface area contributed by atoms with Gasteiger partial charge in [0.25, 0.3) is 0 Å². The van der Waals surface area contributed by atoms with E-state index >= 15 is 0 Å². The number of amides is 1. The van der Waals surface area contributed by atoms with Gasteiger partial charge in [0.1, 0.15) is 0 Å². The number of anilines is 2. The molecule has 7 nitrogen and oxygen atoms in total. The molecule has 0 aromatic heterocycles. The molecule has 0 bridgehead atoms. The number of benzene rings is 3. The minimum absolute atomic E-state index is 0.104. The van der Waals surface area contributed by atoms with Crippen molar-refractivity contribution in [1.29, 1.82) is 0 Å². The van der Waals surface area contributed by atoms with Crippen molar-refractivity contribution >= 4 is 56.2 Å². The molecule has 2 aliphatic rings. The third-order valence-electron chi connectivity index (χ3n) is 7.89. The zero-order chi connectivity index (χ0) is 28.3. The Balaban J connectivity index is 1.28. The summed E-state index contributed by atoms with van der Waals surface area (Å²) in [6.45, 7) is 3.49. The van der Waals surface area contributed by atoms with Crippen molar-refractivity contribution in [2.24, 2.45) is 0 Å². The number of hydrogen-bond donors (Lipinski definition) is 2. The molecule has 10 heteroatoms. The van der Waals surface area contributed by atoms with Crippen LogP contribution in [-0.2, 0) is 20.2 Å². The van der Waals surface area contributed by atoms with Crippen LogP contribution < -0.4 is 15.5 Å². The fraction of sp³-hybridized carbons (Fsp3) is 0.333. The molecule has 0 spiro atoms. The first-order chi connectivity index (χ1) is 19.2. The number of aryl methyl sites for hydroxylation is 1. The van der Waals surface area contributed by atoms with Crippen LogP contribution in [0.15, 0.2) is 77.7 Å². The van der Waals surface area contributed by atoms with Gasteiger partial charge >= 0.3 is 0 Å². The maximum absolute atomic E-state index is 13.6. The smallest absolute Gasteiger partial charge is 0.243 e. The quantitative estimate of drug-likeness (QED) is 0.367. The molecule has 0 radical (unpaired) electrons. The molecule has 1 aliphatic carbocycles. The van der Waals surface area contributed by atoms with Crippen molar-refractivity contribution < 1.29 is 13.2 Å². The topological polar surface area (TPSA) is 81.8 Å². The molecule has 3 aromatic carbocycles. The molecule has 3 aromatic rings. The zero-order valence-electron chi connectivity index (χ0n) is 22.4. The number of thiocarbonyl (C=S) groups is 1. The van der Waals surface area contributed by atoms with Crippen molar-refractivity contribution in [2.45, 2.75) is 42.9 Å². The molecule has 40 heavy (non-hydrogen) atoms. The first kappa shape index (κ1) is 28.5. The highest BCUT2D eigenvalue weighted by molar-refractivity contribution is 7.89. The Labute approximate surface area is 246 Å². The van der Waals surface area contributed by atoms with Crippen LogP contribution in [0.25, 0.3) is 0 Å². The summed E-state index contributed by atoms with van der Waals surface area (Å²) in [5.74, 6) is -0.104. The molecule has 210 valence electrons. The Hall–Kier alpha value is -2.98. The second kappa shape index (κ2) is 11.9. The van der Waals surface area contributed by atoms with Gasteiger partial charge < -0.3 is 15.5 Å². The Morgan fingerprint density at radius 3 is 2.20 bits per heavy atom. The fourth-order valence-corrected chi connectivity index (χ4v) is 7.63. The number of sulfonamides is 1. The van der Waals surface area contributed by atoms with Gasteiger partial charge in [-0.15, -0.1) is 0 Å². The van der Waals surface area contributed by atoms with E-state index < -0.39 is 15.4 Å². The van der Waals surface area contributed by atoms with Gasteiger partial charge in [-0.3, -0.25) is 4.79 Å². The van der Waals surface area contributed by atoms with Gasteiger partial charge in [0.05, 0.1) is 26.7 Å². The van der Waals surface area contributed by atoms with E-state index in [4.69, 9.17) is 23.8 Å². The van der Waals surface area contributed by atoms with Crippen LogP contribution in [0.5, 0.6) is 0 Å². The summed E-state index contributed by atoms with van der Waals surface area (Å²) in [7, 11) is -3.58. The van der Waals surface area contributed by atoms with Gasteiger partial charge in [-0.25, -0.2) is 8.42 Å². The van der Waals surface area contributed by atoms with Crippen LogP contribution in [0.3, 0.4) is 0 Å². The van der Waals surface area contributed by atoms with Crippen LogP contribution in [0.2, 0.25) is 5.02 Å². The lowest BCUT2D eigenvalue weighted by Gasteiger charge is -2.36. The van der Waals surface area contributed by atoms with Crippen molar-refractivity contribution in [3.8, 4) is 0 Å². The van der Waals surface area contributed by atoms with Crippen LogP contribution in [0.1, 0.15) is 36.8 Å². The van der Waals surface area contributed by atoms with Crippen molar-refractivity contribution in [3.05, 3.63) is 88.9 Å². The first-order valence-corrected chi connectivity index (χ1v) is 15.7. The molecule has 1 saturated carbocycles. The largest absolute Gasteiger partial charge is 0.366 e. The first-order valence-electron chi connectivity index (χ1n) is 13.5. The molecule has 5 rings (SSSR count). The summed E-state index contributed by atoms with van der Waals surface area (Å²) in [6, 6.07) is 22.3. The molecular formula is C30H33ClN4O3S2. The van der Waals surface area contributed by atoms with Crippen LogP contribution in [0.4, 0.5) is 11.4 Å². The maximum atomic E-state index is 13.6. The highest BCUT2D eigenvalue weighted by Crippen LogP contribution is 2.41. The minimum Gasteiger partial charge on any atom is -0.366 e. The van der Waals surface area contributed by atoms with Gasteiger partial charge in [0, 0.05) is 26.2 Å². The second-order valence-corrected chi connectivity index (χ2v) is 13.2. The second-order valence-electron chi connectivity index (χ2n) is 10.4. The molecule has 1 amide bonds. The predicted octanol–water partition coefficient (Wildman–Crippen LogP) is 5.48. The number of nitrogens with zero attached hydrogens (tertiary/aromatic N) is 2. The van der Waals surface area contributed by atoms with Gasteiger partial charge in [-0.1, -0.05) is 78.5 Å². The Morgan fingerprint density at radius 2 is 1.55 bits per heavy atom. The number of hydrogen-bond acceptors (Lipinski definition) is 5. The van der Waals surface area contributed by atoms with E-state index in [1.807, 2.05) is 49.4 Å². The number of rotatable bonds is 6. The van der Waals surface area contributed by atoms with E-state index in [1.54, 1.807) is 30.3 Å². The summed E-state index contributed by atoms with van der Waals surface area (Å²) in [5, 5.41) is 6.85. The Bertz CT molecular complexity index is 1480. The number of halogens is 1. The molecule has 1 saturated heterocycles. The van der Waals surface area contributed by atoms with Crippen LogP contribution in [0, 0.1) is 6.92 Å². The van der Waals surface area contributed by atoms with Gasteiger partial charge in [-0.05, 0) is 61.8 Å². The lowest BCUT2D eigenvalue weighted by atomic mass is 9.78. The predicted molar refractivity (Wildman–Crippen MR) is 165 cm³/mol. The van der Waals surface area contributed by atoms with E-state index in [2.05, 4.69) is 15.5 Å². The summed E-state index contributed by atoms with van der Waals surface area (Å²) in [6.07, 6.45) is 3.55. The Morgan fingerprint density at radius 1 is 0.900 bits per heavy atom. The highest BCUT2D eigenvalue weighted by Gasteiger charge is 2.43. The van der Waals surface area contributed by atoms with Crippen molar-refractivity contribution in [2.75, 3.05) is 36.4 Å². The molecular weight excluding hydrogens is 564 g/mol. The molecule has 0 unspecified atom stereocenters. The monoisotopic (exact) mass is 596 g/mol. The average Bonchev–Trinajstić information content (AvgIpc) is 3.46. The Kier molecular flexibility index (Phi) is 8.47. The summed E-state index contributed by atoms with van der Waals surface area (Å²) in [5.41, 5.74) is 2.81. The number of carbonyl (C=O) groups excluding carboxylic acids is 1. The van der Waals surface area contributed by atoms with E-state index in [9.17, 15) is 13.2 Å². The molecule has 1 heterocycles. The van der Waals surface area contributed by atoms with Gasteiger partial charge in [0.15, 0.2) is 5.11 Å². The lowest BCUT2D eigenvalue weighted by Crippen LogP contribution is -2.49. The average molecular weight is 597 g/mol. The number of carbonyl (C=O) groups is 1. The van der Waals surface area contributed by atoms with E-state index in [0.717, 1.165) is 42.5 Å². The lowest BCUT2D eigenvalue weighted by molar-refractivity contribution is -0.125. The zero-order valence-corrected chi connectivity index (χ0v) is 24.8. The molecule has 1 aliphatic heterocycles. The minimum atomic E-state index is -3.58. The summed E-state index contributed by atoms with van der Waals surface area (Å²) in [4.78, 5) is 15.9. The van der Waals surface area contributed by atoms with Crippen LogP contribution >= 0.6 is 23.8 Å². The molecule has 2 N–H and O–H groups in total. The van der Waals surface area contributed by atoms with Crippen LogP contribution in [-0.4, -0.2) is 49.9 Å². The van der Waals surface area contributed by atoms with Crippen molar-refractivity contribution in [1.82, 2.24) is 9.62 Å². The molecule has 2 fully saturated rings. The third kappa shape index (κ3) is 5.74.